The number of rotatable bonds is 7. The number of hydrogen-bond acceptors (Lipinski definition) is 4. The number of thioether (sulfide) groups is 1. The molecule has 0 fully saturated rings. The van der Waals surface area contributed by atoms with Crippen LogP contribution in [-0.4, -0.2) is 39.7 Å². The van der Waals surface area contributed by atoms with Crippen LogP contribution in [0.5, 0.6) is 0 Å². The molecule has 2 aromatic carbocycles. The molecule has 0 unspecified atom stereocenters. The summed E-state index contributed by atoms with van der Waals surface area (Å²) in [5.41, 5.74) is 6.46. The highest BCUT2D eigenvalue weighted by Gasteiger charge is 2.16. The van der Waals surface area contributed by atoms with Gasteiger partial charge in [-0.2, -0.15) is 0 Å². The van der Waals surface area contributed by atoms with Crippen molar-refractivity contribution in [3.63, 3.8) is 0 Å². The average Bonchev–Trinajstić information content (AvgIpc) is 3.23. The fourth-order valence-electron chi connectivity index (χ4n) is 3.97. The second-order valence-corrected chi connectivity index (χ2v) is 9.54. The highest BCUT2D eigenvalue weighted by atomic mass is 32.2. The monoisotopic (exact) mass is 472 g/mol. The SMILES string of the molecule is Cc1cc(C)c(NC(=O)CN(C)C(=O)c2ccc(SCc3cn4ccccc4n3)cc2)c(C)c1. The summed E-state index contributed by atoms with van der Waals surface area (Å²) < 4.78 is 2.01. The zero-order valence-electron chi connectivity index (χ0n) is 19.8. The van der Waals surface area contributed by atoms with Crippen LogP contribution in [-0.2, 0) is 10.5 Å². The third-order valence-corrected chi connectivity index (χ3v) is 6.62. The Kier molecular flexibility index (Phi) is 7.03. The molecule has 174 valence electrons. The number of benzene rings is 2. The van der Waals surface area contributed by atoms with Gasteiger partial charge in [0, 0.05) is 41.3 Å². The number of pyridine rings is 1. The topological polar surface area (TPSA) is 66.7 Å². The number of carbonyl (C=O) groups is 2. The van der Waals surface area contributed by atoms with Crippen molar-refractivity contribution >= 4 is 34.9 Å². The highest BCUT2D eigenvalue weighted by molar-refractivity contribution is 7.98. The third-order valence-electron chi connectivity index (χ3n) is 5.57. The van der Waals surface area contributed by atoms with Gasteiger partial charge in [-0.1, -0.05) is 23.8 Å². The van der Waals surface area contributed by atoms with Crippen LogP contribution in [0.15, 0.2) is 71.9 Å². The predicted molar refractivity (Wildman–Crippen MR) is 137 cm³/mol. The van der Waals surface area contributed by atoms with Crippen molar-refractivity contribution in [3.05, 3.63) is 94.9 Å². The third kappa shape index (κ3) is 5.48. The van der Waals surface area contributed by atoms with E-state index in [0.29, 0.717) is 5.56 Å². The molecule has 0 bridgehead atoms. The number of anilines is 1. The molecule has 4 rings (SSSR count). The predicted octanol–water partition coefficient (Wildman–Crippen LogP) is 5.26. The van der Waals surface area contributed by atoms with Crippen LogP contribution in [0.25, 0.3) is 5.65 Å². The van der Waals surface area contributed by atoms with Gasteiger partial charge in [-0.25, -0.2) is 4.98 Å². The molecule has 0 aliphatic heterocycles. The molecule has 2 amide bonds. The zero-order valence-corrected chi connectivity index (χ0v) is 20.6. The van der Waals surface area contributed by atoms with Crippen LogP contribution >= 0.6 is 11.8 Å². The van der Waals surface area contributed by atoms with Gasteiger partial charge in [0.05, 0.1) is 12.2 Å². The summed E-state index contributed by atoms with van der Waals surface area (Å²) in [7, 11) is 1.64. The standard InChI is InChI=1S/C27H28N4O2S/c1-18-13-19(2)26(20(3)14-18)29-25(32)16-30(4)27(33)21-8-10-23(11-9-21)34-17-22-15-31-12-6-5-7-24(31)28-22/h5-15H,16-17H2,1-4H3,(H,29,32). The Balaban J connectivity index is 1.33. The Bertz CT molecular complexity index is 1290. The maximum atomic E-state index is 12.8. The summed E-state index contributed by atoms with van der Waals surface area (Å²) in [6.45, 7) is 5.95. The van der Waals surface area contributed by atoms with E-state index < -0.39 is 0 Å². The molecule has 0 radical (unpaired) electrons. The fourth-order valence-corrected chi connectivity index (χ4v) is 4.75. The molecule has 0 saturated heterocycles. The van der Waals surface area contributed by atoms with E-state index in [9.17, 15) is 9.59 Å². The molecule has 0 spiro atoms. The smallest absolute Gasteiger partial charge is 0.254 e. The number of carbonyl (C=O) groups excluding carboxylic acids is 2. The normalized spacial score (nSPS) is 10.9. The van der Waals surface area contributed by atoms with Crippen molar-refractivity contribution in [1.82, 2.24) is 14.3 Å². The van der Waals surface area contributed by atoms with Crippen molar-refractivity contribution in [3.8, 4) is 0 Å². The van der Waals surface area contributed by atoms with Gasteiger partial charge in [0.25, 0.3) is 5.91 Å². The lowest BCUT2D eigenvalue weighted by molar-refractivity contribution is -0.116. The second-order valence-electron chi connectivity index (χ2n) is 8.49. The number of fused-ring (bicyclic) bond motifs is 1. The van der Waals surface area contributed by atoms with Crippen molar-refractivity contribution < 1.29 is 9.59 Å². The number of nitrogens with one attached hydrogen (secondary N) is 1. The van der Waals surface area contributed by atoms with E-state index in [1.807, 2.05) is 80.0 Å². The van der Waals surface area contributed by atoms with Gasteiger partial charge >= 0.3 is 0 Å². The zero-order chi connectivity index (χ0) is 24.2. The molecule has 0 aliphatic rings. The van der Waals surface area contributed by atoms with Gasteiger partial charge in [-0.05, 0) is 68.3 Å². The quantitative estimate of drug-likeness (QED) is 0.373. The number of nitrogens with zero attached hydrogens (tertiary/aromatic N) is 3. The van der Waals surface area contributed by atoms with Crippen molar-refractivity contribution in [1.29, 1.82) is 0 Å². The summed E-state index contributed by atoms with van der Waals surface area (Å²) >= 11 is 1.67. The molecule has 6 nitrogen and oxygen atoms in total. The van der Waals surface area contributed by atoms with E-state index in [2.05, 4.69) is 10.3 Å². The summed E-state index contributed by atoms with van der Waals surface area (Å²) in [6.07, 6.45) is 4.01. The van der Waals surface area contributed by atoms with Crippen LogP contribution in [0.4, 0.5) is 5.69 Å². The first-order valence-electron chi connectivity index (χ1n) is 11.1. The van der Waals surface area contributed by atoms with Crippen LogP contribution in [0.2, 0.25) is 0 Å². The molecule has 34 heavy (non-hydrogen) atoms. The molecule has 0 saturated carbocycles. The molecule has 2 heterocycles. The molecule has 7 heteroatoms. The largest absolute Gasteiger partial charge is 0.332 e. The lowest BCUT2D eigenvalue weighted by Crippen LogP contribution is -2.35. The van der Waals surface area contributed by atoms with E-state index >= 15 is 0 Å². The highest BCUT2D eigenvalue weighted by Crippen LogP contribution is 2.24. The van der Waals surface area contributed by atoms with Crippen LogP contribution in [0, 0.1) is 20.8 Å². The minimum atomic E-state index is -0.217. The first kappa shape index (κ1) is 23.6. The number of imidazole rings is 1. The number of aryl methyl sites for hydroxylation is 3. The molecule has 0 aliphatic carbocycles. The maximum Gasteiger partial charge on any atom is 0.254 e. The average molecular weight is 473 g/mol. The first-order chi connectivity index (χ1) is 16.3. The molecule has 4 aromatic rings. The molecule has 1 N–H and O–H groups in total. The second kappa shape index (κ2) is 10.1. The van der Waals surface area contributed by atoms with E-state index in [4.69, 9.17) is 0 Å². The summed E-state index contributed by atoms with van der Waals surface area (Å²) in [4.78, 5) is 32.5. The van der Waals surface area contributed by atoms with Gasteiger partial charge in [-0.3, -0.25) is 9.59 Å². The Labute approximate surface area is 204 Å². The van der Waals surface area contributed by atoms with E-state index in [1.54, 1.807) is 30.9 Å². The molecular formula is C27H28N4O2S. The van der Waals surface area contributed by atoms with Crippen LogP contribution in [0.1, 0.15) is 32.7 Å². The van der Waals surface area contributed by atoms with Gasteiger partial charge < -0.3 is 14.6 Å². The van der Waals surface area contributed by atoms with Gasteiger partial charge in [0.15, 0.2) is 0 Å². The number of hydrogen-bond donors (Lipinski definition) is 1. The van der Waals surface area contributed by atoms with Gasteiger partial charge in [0.2, 0.25) is 5.91 Å². The van der Waals surface area contributed by atoms with Crippen LogP contribution < -0.4 is 5.32 Å². The molecule has 2 aromatic heterocycles. The van der Waals surface area contributed by atoms with E-state index in [-0.39, 0.29) is 18.4 Å². The lowest BCUT2D eigenvalue weighted by Gasteiger charge is -2.18. The Morgan fingerprint density at radius 3 is 2.41 bits per heavy atom. The summed E-state index contributed by atoms with van der Waals surface area (Å²) in [6, 6.07) is 17.5. The number of likely N-dealkylation sites (N-methyl/N-ethyl adjacent to an activating group) is 1. The minimum absolute atomic E-state index is 0.0179. The van der Waals surface area contributed by atoms with Crippen molar-refractivity contribution in [2.24, 2.45) is 0 Å². The van der Waals surface area contributed by atoms with Gasteiger partial charge in [0.1, 0.15) is 5.65 Å². The van der Waals surface area contributed by atoms with E-state index in [1.165, 1.54) is 4.90 Å². The minimum Gasteiger partial charge on any atom is -0.332 e. The van der Waals surface area contributed by atoms with Crippen LogP contribution in [0.3, 0.4) is 0 Å². The maximum absolute atomic E-state index is 12.8. The van der Waals surface area contributed by atoms with Crippen molar-refractivity contribution in [2.45, 2.75) is 31.4 Å². The fraction of sp³-hybridized carbons (Fsp3) is 0.222. The van der Waals surface area contributed by atoms with Gasteiger partial charge in [-0.15, -0.1) is 11.8 Å². The number of amides is 2. The number of aromatic nitrogens is 2. The Morgan fingerprint density at radius 2 is 1.74 bits per heavy atom. The van der Waals surface area contributed by atoms with Crippen molar-refractivity contribution in [2.75, 3.05) is 18.9 Å². The molecule has 0 atom stereocenters. The lowest BCUT2D eigenvalue weighted by atomic mass is 10.1. The first-order valence-corrected chi connectivity index (χ1v) is 12.1. The summed E-state index contributed by atoms with van der Waals surface area (Å²) in [5, 5.41) is 2.95. The summed E-state index contributed by atoms with van der Waals surface area (Å²) in [5.74, 6) is 0.335. The van der Waals surface area contributed by atoms with E-state index in [0.717, 1.165) is 44.4 Å². The Hall–Kier alpha value is -3.58. The molecular weight excluding hydrogens is 444 g/mol. The Morgan fingerprint density at radius 1 is 1.03 bits per heavy atom.